The molecule has 1 saturated heterocycles. The van der Waals surface area contributed by atoms with Crippen LogP contribution in [-0.4, -0.2) is 64.2 Å². The molecule has 2 heterocycles. The van der Waals surface area contributed by atoms with E-state index in [4.69, 9.17) is 5.11 Å². The summed E-state index contributed by atoms with van der Waals surface area (Å²) < 4.78 is 13.4. The Morgan fingerprint density at radius 3 is 2.12 bits per heavy atom. The standard InChI is InChI=1S/C26H27FN4O/c27-23-9-10-24-25(17-23)29-26(28-24)22-7-5-21(6-8-22)20-3-1-19(2-4-20)18-31-13-11-30(12-14-31)15-16-32/h1-10,17,32H,11-16,18H2,(H,28,29). The molecule has 0 spiro atoms. The van der Waals surface area contributed by atoms with Crippen LogP contribution in [0.5, 0.6) is 0 Å². The van der Waals surface area contributed by atoms with Crippen LogP contribution in [0.1, 0.15) is 5.56 Å². The average Bonchev–Trinajstić information content (AvgIpc) is 3.24. The molecule has 1 aliphatic heterocycles. The van der Waals surface area contributed by atoms with E-state index in [1.165, 1.54) is 23.3 Å². The minimum Gasteiger partial charge on any atom is -0.395 e. The van der Waals surface area contributed by atoms with Crippen molar-refractivity contribution in [1.82, 2.24) is 19.8 Å². The number of aromatic amines is 1. The molecule has 3 aromatic carbocycles. The van der Waals surface area contributed by atoms with Crippen molar-refractivity contribution in [2.75, 3.05) is 39.3 Å². The summed E-state index contributed by atoms with van der Waals surface area (Å²) in [4.78, 5) is 12.5. The third kappa shape index (κ3) is 4.58. The van der Waals surface area contributed by atoms with E-state index in [0.717, 1.165) is 61.7 Å². The van der Waals surface area contributed by atoms with Crippen molar-refractivity contribution in [3.63, 3.8) is 0 Å². The maximum atomic E-state index is 13.4. The first-order valence-electron chi connectivity index (χ1n) is 11.1. The Kier molecular flexibility index (Phi) is 5.99. The summed E-state index contributed by atoms with van der Waals surface area (Å²) in [5, 5.41) is 9.08. The van der Waals surface area contributed by atoms with Crippen LogP contribution >= 0.6 is 0 Å². The van der Waals surface area contributed by atoms with Gasteiger partial charge in [-0.15, -0.1) is 0 Å². The number of aliphatic hydroxyl groups is 1. The highest BCUT2D eigenvalue weighted by molar-refractivity contribution is 5.80. The molecule has 0 saturated carbocycles. The molecule has 0 unspecified atom stereocenters. The van der Waals surface area contributed by atoms with Crippen molar-refractivity contribution in [3.8, 4) is 22.5 Å². The van der Waals surface area contributed by atoms with Gasteiger partial charge < -0.3 is 10.1 Å². The summed E-state index contributed by atoms with van der Waals surface area (Å²) in [6.45, 7) is 6.08. The fourth-order valence-corrected chi connectivity index (χ4v) is 4.31. The summed E-state index contributed by atoms with van der Waals surface area (Å²) >= 11 is 0. The molecular formula is C26H27FN4O. The molecule has 1 aliphatic rings. The quantitative estimate of drug-likeness (QED) is 0.483. The topological polar surface area (TPSA) is 55.4 Å². The molecule has 6 heteroatoms. The number of halogens is 1. The average molecular weight is 431 g/mol. The van der Waals surface area contributed by atoms with Crippen LogP contribution in [0, 0.1) is 5.82 Å². The van der Waals surface area contributed by atoms with Gasteiger partial charge in [0.05, 0.1) is 17.6 Å². The molecule has 1 fully saturated rings. The monoisotopic (exact) mass is 430 g/mol. The summed E-state index contributed by atoms with van der Waals surface area (Å²) in [6, 6.07) is 21.6. The third-order valence-corrected chi connectivity index (χ3v) is 6.18. The number of benzene rings is 3. The maximum Gasteiger partial charge on any atom is 0.138 e. The van der Waals surface area contributed by atoms with Crippen LogP contribution in [0.2, 0.25) is 0 Å². The van der Waals surface area contributed by atoms with Crippen LogP contribution < -0.4 is 0 Å². The van der Waals surface area contributed by atoms with E-state index < -0.39 is 0 Å². The van der Waals surface area contributed by atoms with Gasteiger partial charge in [-0.05, 0) is 34.9 Å². The van der Waals surface area contributed by atoms with Gasteiger partial charge in [0.15, 0.2) is 0 Å². The maximum absolute atomic E-state index is 13.4. The lowest BCUT2D eigenvalue weighted by Crippen LogP contribution is -2.46. The molecule has 5 nitrogen and oxygen atoms in total. The lowest BCUT2D eigenvalue weighted by molar-refractivity contribution is 0.108. The fraction of sp³-hybridized carbons (Fsp3) is 0.269. The highest BCUT2D eigenvalue weighted by Crippen LogP contribution is 2.26. The second-order valence-corrected chi connectivity index (χ2v) is 8.36. The number of nitrogens with zero attached hydrogens (tertiary/aromatic N) is 3. The summed E-state index contributed by atoms with van der Waals surface area (Å²) in [5.41, 5.74) is 6.09. The van der Waals surface area contributed by atoms with Gasteiger partial charge in [0, 0.05) is 44.8 Å². The van der Waals surface area contributed by atoms with E-state index in [1.54, 1.807) is 6.07 Å². The minimum atomic E-state index is -0.268. The lowest BCUT2D eigenvalue weighted by atomic mass is 10.0. The number of β-amino-alcohol motifs (C(OH)–C–C–N with tert-alkyl or cyclic N) is 1. The van der Waals surface area contributed by atoms with Gasteiger partial charge in [0.2, 0.25) is 0 Å². The van der Waals surface area contributed by atoms with Gasteiger partial charge in [-0.25, -0.2) is 9.37 Å². The number of hydrogen-bond acceptors (Lipinski definition) is 4. The molecule has 0 aliphatic carbocycles. The Bertz CT molecular complexity index is 1180. The summed E-state index contributed by atoms with van der Waals surface area (Å²) in [5.74, 6) is 0.474. The second kappa shape index (κ2) is 9.20. The number of fused-ring (bicyclic) bond motifs is 1. The van der Waals surface area contributed by atoms with Crippen LogP contribution in [0.15, 0.2) is 66.7 Å². The van der Waals surface area contributed by atoms with Gasteiger partial charge in [0.1, 0.15) is 11.6 Å². The highest BCUT2D eigenvalue weighted by Gasteiger charge is 2.16. The zero-order chi connectivity index (χ0) is 21.9. The number of hydrogen-bond donors (Lipinski definition) is 2. The molecule has 0 bridgehead atoms. The van der Waals surface area contributed by atoms with Crippen LogP contribution in [0.4, 0.5) is 4.39 Å². The minimum absolute atomic E-state index is 0.237. The van der Waals surface area contributed by atoms with E-state index in [2.05, 4.69) is 56.2 Å². The third-order valence-electron chi connectivity index (χ3n) is 6.18. The van der Waals surface area contributed by atoms with Gasteiger partial charge in [-0.2, -0.15) is 0 Å². The second-order valence-electron chi connectivity index (χ2n) is 8.36. The van der Waals surface area contributed by atoms with Gasteiger partial charge in [-0.1, -0.05) is 48.5 Å². The first-order valence-corrected chi connectivity index (χ1v) is 11.1. The van der Waals surface area contributed by atoms with E-state index >= 15 is 0 Å². The van der Waals surface area contributed by atoms with Crippen molar-refractivity contribution in [2.45, 2.75) is 6.54 Å². The van der Waals surface area contributed by atoms with Gasteiger partial charge in [-0.3, -0.25) is 9.80 Å². The van der Waals surface area contributed by atoms with Crippen molar-refractivity contribution >= 4 is 11.0 Å². The number of aliphatic hydroxyl groups excluding tert-OH is 1. The number of piperazine rings is 1. The Morgan fingerprint density at radius 1 is 0.812 bits per heavy atom. The summed E-state index contributed by atoms with van der Waals surface area (Å²) in [7, 11) is 0. The van der Waals surface area contributed by atoms with Gasteiger partial charge >= 0.3 is 0 Å². The van der Waals surface area contributed by atoms with Crippen LogP contribution in [0.3, 0.4) is 0 Å². The fourth-order valence-electron chi connectivity index (χ4n) is 4.31. The van der Waals surface area contributed by atoms with E-state index in [-0.39, 0.29) is 12.4 Å². The zero-order valence-electron chi connectivity index (χ0n) is 18.0. The van der Waals surface area contributed by atoms with E-state index in [1.807, 2.05) is 12.1 Å². The number of nitrogens with one attached hydrogen (secondary N) is 1. The van der Waals surface area contributed by atoms with Crippen LogP contribution in [-0.2, 0) is 6.54 Å². The lowest BCUT2D eigenvalue weighted by Gasteiger charge is -2.34. The Balaban J connectivity index is 1.24. The number of aromatic nitrogens is 2. The van der Waals surface area contributed by atoms with Crippen LogP contribution in [0.25, 0.3) is 33.5 Å². The first kappa shape index (κ1) is 20.8. The number of rotatable bonds is 6. The number of H-pyrrole nitrogens is 1. The zero-order valence-corrected chi connectivity index (χ0v) is 18.0. The molecule has 1 aromatic heterocycles. The van der Waals surface area contributed by atoms with Crippen molar-refractivity contribution < 1.29 is 9.50 Å². The highest BCUT2D eigenvalue weighted by atomic mass is 19.1. The Hall–Kier alpha value is -3.06. The molecule has 32 heavy (non-hydrogen) atoms. The van der Waals surface area contributed by atoms with E-state index in [9.17, 15) is 4.39 Å². The van der Waals surface area contributed by atoms with Crippen molar-refractivity contribution in [1.29, 1.82) is 0 Å². The predicted octanol–water partition coefficient (Wildman–Crippen LogP) is 4.15. The molecule has 2 N–H and O–H groups in total. The largest absolute Gasteiger partial charge is 0.395 e. The normalized spacial score (nSPS) is 15.4. The molecule has 4 aromatic rings. The molecule has 5 rings (SSSR count). The molecule has 0 atom stereocenters. The molecule has 0 radical (unpaired) electrons. The van der Waals surface area contributed by atoms with Crippen molar-refractivity contribution in [3.05, 3.63) is 78.1 Å². The van der Waals surface area contributed by atoms with Crippen molar-refractivity contribution in [2.24, 2.45) is 0 Å². The molecular weight excluding hydrogens is 403 g/mol. The molecule has 164 valence electrons. The SMILES string of the molecule is OCCN1CCN(Cc2ccc(-c3ccc(-c4nc5ccc(F)cc5[nH]4)cc3)cc2)CC1. The van der Waals surface area contributed by atoms with Gasteiger partial charge in [0.25, 0.3) is 0 Å². The predicted molar refractivity (Wildman–Crippen MR) is 126 cm³/mol. The Morgan fingerprint density at radius 2 is 1.44 bits per heavy atom. The first-order chi connectivity index (χ1) is 15.7. The number of imidazole rings is 1. The Labute approximate surface area is 187 Å². The molecule has 0 amide bonds. The summed E-state index contributed by atoms with van der Waals surface area (Å²) in [6.07, 6.45) is 0. The smallest absolute Gasteiger partial charge is 0.138 e. The van der Waals surface area contributed by atoms with E-state index in [0.29, 0.717) is 5.52 Å².